The first-order chi connectivity index (χ1) is 12.8. The van der Waals surface area contributed by atoms with Crippen LogP contribution >= 0.6 is 0 Å². The zero-order valence-electron chi connectivity index (χ0n) is 15.5. The number of nitrogens with one attached hydrogen (secondary N) is 2. The normalized spacial score (nSPS) is 14.7. The van der Waals surface area contributed by atoms with Crippen molar-refractivity contribution in [3.63, 3.8) is 0 Å². The molecule has 0 unspecified atom stereocenters. The first kappa shape index (κ1) is 19.2. The zero-order chi connectivity index (χ0) is 19.4. The molecule has 1 aliphatic carbocycles. The molecule has 2 aromatic rings. The summed E-state index contributed by atoms with van der Waals surface area (Å²) in [4.78, 5) is 12.4. The van der Waals surface area contributed by atoms with E-state index in [0.29, 0.717) is 28.6 Å². The summed E-state index contributed by atoms with van der Waals surface area (Å²) in [5.41, 5.74) is 2.27. The maximum atomic E-state index is 12.4. The van der Waals surface area contributed by atoms with E-state index in [9.17, 15) is 13.2 Å². The minimum atomic E-state index is -3.36. The number of hydrogen-bond donors (Lipinski definition) is 2. The molecule has 1 aliphatic rings. The Morgan fingerprint density at radius 3 is 2.33 bits per heavy atom. The summed E-state index contributed by atoms with van der Waals surface area (Å²) in [6.07, 6.45) is 6.03. The fraction of sp³-hybridized carbons (Fsp3) is 0.350. The van der Waals surface area contributed by atoms with Crippen molar-refractivity contribution >= 4 is 27.3 Å². The van der Waals surface area contributed by atoms with Gasteiger partial charge in [0.1, 0.15) is 5.75 Å². The molecule has 7 heteroatoms. The van der Waals surface area contributed by atoms with Crippen LogP contribution in [0.25, 0.3) is 0 Å². The SMILES string of the molecule is Cc1cc(C(=O)Nc2ccc(OC3CCCC3)cc2)ccc1NS(C)(=O)=O. The molecule has 144 valence electrons. The van der Waals surface area contributed by atoms with Gasteiger partial charge in [0.15, 0.2) is 0 Å². The Hall–Kier alpha value is -2.54. The van der Waals surface area contributed by atoms with E-state index in [-0.39, 0.29) is 5.91 Å². The summed E-state index contributed by atoms with van der Waals surface area (Å²) in [6.45, 7) is 1.75. The number of carbonyl (C=O) groups excluding carboxylic acids is 1. The summed E-state index contributed by atoms with van der Waals surface area (Å²) < 4.78 is 31.0. The van der Waals surface area contributed by atoms with E-state index in [0.717, 1.165) is 24.8 Å². The van der Waals surface area contributed by atoms with Gasteiger partial charge in [0.25, 0.3) is 5.91 Å². The molecule has 0 radical (unpaired) electrons. The van der Waals surface area contributed by atoms with Crippen molar-refractivity contribution < 1.29 is 17.9 Å². The fourth-order valence-corrected chi connectivity index (χ4v) is 3.77. The molecule has 27 heavy (non-hydrogen) atoms. The van der Waals surface area contributed by atoms with E-state index >= 15 is 0 Å². The number of benzene rings is 2. The maximum absolute atomic E-state index is 12.4. The molecular weight excluding hydrogens is 364 g/mol. The fourth-order valence-electron chi connectivity index (χ4n) is 3.14. The van der Waals surface area contributed by atoms with Crippen LogP contribution in [0.3, 0.4) is 0 Å². The topological polar surface area (TPSA) is 84.5 Å². The highest BCUT2D eigenvalue weighted by atomic mass is 32.2. The van der Waals surface area contributed by atoms with E-state index in [1.54, 1.807) is 25.1 Å². The Balaban J connectivity index is 1.63. The molecule has 0 bridgehead atoms. The number of hydrogen-bond acceptors (Lipinski definition) is 4. The Morgan fingerprint density at radius 1 is 1.07 bits per heavy atom. The number of sulfonamides is 1. The molecule has 6 nitrogen and oxygen atoms in total. The first-order valence-corrected chi connectivity index (χ1v) is 10.9. The molecule has 2 N–H and O–H groups in total. The number of ether oxygens (including phenoxy) is 1. The minimum Gasteiger partial charge on any atom is -0.490 e. The Morgan fingerprint density at radius 2 is 1.74 bits per heavy atom. The van der Waals surface area contributed by atoms with E-state index in [1.165, 1.54) is 12.8 Å². The summed E-state index contributed by atoms with van der Waals surface area (Å²) in [7, 11) is -3.36. The van der Waals surface area contributed by atoms with Crippen LogP contribution < -0.4 is 14.8 Å². The lowest BCUT2D eigenvalue weighted by Crippen LogP contribution is -2.14. The van der Waals surface area contributed by atoms with Crippen LogP contribution in [0.5, 0.6) is 5.75 Å². The van der Waals surface area contributed by atoms with Gasteiger partial charge in [-0.1, -0.05) is 0 Å². The maximum Gasteiger partial charge on any atom is 0.255 e. The van der Waals surface area contributed by atoms with Gasteiger partial charge in [-0.2, -0.15) is 0 Å². The standard InChI is InChI=1S/C20H24N2O4S/c1-14-13-15(7-12-19(14)22-27(2,24)25)20(23)21-16-8-10-18(11-9-16)26-17-5-3-4-6-17/h7-13,17,22H,3-6H2,1-2H3,(H,21,23). The highest BCUT2D eigenvalue weighted by Gasteiger charge is 2.16. The molecule has 0 heterocycles. The number of carbonyl (C=O) groups is 1. The van der Waals surface area contributed by atoms with E-state index < -0.39 is 10.0 Å². The molecular formula is C20H24N2O4S. The van der Waals surface area contributed by atoms with Crippen LogP contribution in [-0.2, 0) is 10.0 Å². The van der Waals surface area contributed by atoms with Gasteiger partial charge in [-0.25, -0.2) is 8.42 Å². The summed E-state index contributed by atoms with van der Waals surface area (Å²) in [6, 6.07) is 12.2. The quantitative estimate of drug-likeness (QED) is 0.785. The summed E-state index contributed by atoms with van der Waals surface area (Å²) >= 11 is 0. The number of amides is 1. The molecule has 0 saturated heterocycles. The van der Waals surface area contributed by atoms with Crippen LogP contribution in [0.1, 0.15) is 41.6 Å². The van der Waals surface area contributed by atoms with Crippen molar-refractivity contribution in [2.24, 2.45) is 0 Å². The van der Waals surface area contributed by atoms with Gasteiger partial charge in [0.05, 0.1) is 18.0 Å². The lowest BCUT2D eigenvalue weighted by atomic mass is 10.1. The molecule has 1 amide bonds. The molecule has 1 saturated carbocycles. The van der Waals surface area contributed by atoms with Gasteiger partial charge in [-0.05, 0) is 80.6 Å². The van der Waals surface area contributed by atoms with E-state index in [2.05, 4.69) is 10.0 Å². The smallest absolute Gasteiger partial charge is 0.255 e. The predicted molar refractivity (Wildman–Crippen MR) is 107 cm³/mol. The van der Waals surface area contributed by atoms with Gasteiger partial charge in [-0.3, -0.25) is 9.52 Å². The highest BCUT2D eigenvalue weighted by molar-refractivity contribution is 7.92. The van der Waals surface area contributed by atoms with Crippen LogP contribution in [0.4, 0.5) is 11.4 Å². The molecule has 0 atom stereocenters. The van der Waals surface area contributed by atoms with Crippen molar-refractivity contribution in [2.75, 3.05) is 16.3 Å². The second-order valence-electron chi connectivity index (χ2n) is 6.91. The van der Waals surface area contributed by atoms with Crippen LogP contribution in [0, 0.1) is 6.92 Å². The first-order valence-electron chi connectivity index (χ1n) is 8.97. The van der Waals surface area contributed by atoms with Gasteiger partial charge >= 0.3 is 0 Å². The average molecular weight is 388 g/mol. The number of aryl methyl sites for hydroxylation is 1. The monoisotopic (exact) mass is 388 g/mol. The van der Waals surface area contributed by atoms with Crippen LogP contribution in [0.2, 0.25) is 0 Å². The molecule has 1 fully saturated rings. The number of rotatable bonds is 6. The van der Waals surface area contributed by atoms with Crippen molar-refractivity contribution in [1.82, 2.24) is 0 Å². The lowest BCUT2D eigenvalue weighted by Gasteiger charge is -2.14. The van der Waals surface area contributed by atoms with E-state index in [4.69, 9.17) is 4.74 Å². The Kier molecular flexibility index (Phi) is 5.70. The third-order valence-corrected chi connectivity index (χ3v) is 5.09. The zero-order valence-corrected chi connectivity index (χ0v) is 16.3. The molecule has 0 aliphatic heterocycles. The second kappa shape index (κ2) is 8.00. The van der Waals surface area contributed by atoms with Crippen LogP contribution in [0.15, 0.2) is 42.5 Å². The van der Waals surface area contributed by atoms with Crippen molar-refractivity contribution in [3.8, 4) is 5.75 Å². The average Bonchev–Trinajstić information content (AvgIpc) is 3.10. The highest BCUT2D eigenvalue weighted by Crippen LogP contribution is 2.25. The van der Waals surface area contributed by atoms with Crippen molar-refractivity contribution in [2.45, 2.75) is 38.7 Å². The summed E-state index contributed by atoms with van der Waals surface area (Å²) in [5, 5.41) is 2.84. The number of anilines is 2. The van der Waals surface area contributed by atoms with Gasteiger partial charge < -0.3 is 10.1 Å². The molecule has 0 spiro atoms. The van der Waals surface area contributed by atoms with Gasteiger partial charge in [-0.15, -0.1) is 0 Å². The third kappa shape index (κ3) is 5.47. The largest absolute Gasteiger partial charge is 0.490 e. The van der Waals surface area contributed by atoms with Crippen molar-refractivity contribution in [1.29, 1.82) is 0 Å². The third-order valence-electron chi connectivity index (χ3n) is 4.50. The Labute approximate surface area is 160 Å². The second-order valence-corrected chi connectivity index (χ2v) is 8.66. The van der Waals surface area contributed by atoms with E-state index in [1.807, 2.05) is 24.3 Å². The van der Waals surface area contributed by atoms with Gasteiger partial charge in [0, 0.05) is 11.3 Å². The van der Waals surface area contributed by atoms with Crippen molar-refractivity contribution in [3.05, 3.63) is 53.6 Å². The molecule has 3 rings (SSSR count). The summed E-state index contributed by atoms with van der Waals surface area (Å²) in [5.74, 6) is 0.556. The van der Waals surface area contributed by atoms with Gasteiger partial charge in [0.2, 0.25) is 10.0 Å². The lowest BCUT2D eigenvalue weighted by molar-refractivity contribution is 0.102. The Bertz CT molecular complexity index is 917. The molecule has 2 aromatic carbocycles. The van der Waals surface area contributed by atoms with Crippen LogP contribution in [-0.4, -0.2) is 26.7 Å². The molecule has 0 aromatic heterocycles. The minimum absolute atomic E-state index is 0.256. The predicted octanol–water partition coefficient (Wildman–Crippen LogP) is 3.94.